The number of anilines is 1. The lowest BCUT2D eigenvalue weighted by Gasteiger charge is -2.33. The Balaban J connectivity index is 2.51. The Bertz CT molecular complexity index is 1150. The lowest BCUT2D eigenvalue weighted by Crippen LogP contribution is -2.52. The van der Waals surface area contributed by atoms with Gasteiger partial charge in [0.1, 0.15) is 12.6 Å². The Morgan fingerprint density at radius 1 is 1.06 bits per heavy atom. The van der Waals surface area contributed by atoms with Crippen molar-refractivity contribution in [3.8, 4) is 0 Å². The number of sulfonamides is 1. The van der Waals surface area contributed by atoms with E-state index in [2.05, 4.69) is 5.32 Å². The number of hydrogen-bond donors (Lipinski definition) is 1. The molecule has 0 heterocycles. The van der Waals surface area contributed by atoms with Gasteiger partial charge in [0.15, 0.2) is 0 Å². The fourth-order valence-corrected chi connectivity index (χ4v) is 5.00. The summed E-state index contributed by atoms with van der Waals surface area (Å²) in [6.07, 6.45) is 1.40. The average molecular weight is 529 g/mol. The van der Waals surface area contributed by atoms with Gasteiger partial charge in [-0.3, -0.25) is 13.9 Å². The van der Waals surface area contributed by atoms with Crippen LogP contribution in [0.25, 0.3) is 0 Å². The van der Waals surface area contributed by atoms with Gasteiger partial charge < -0.3 is 10.2 Å². The van der Waals surface area contributed by atoms with E-state index in [-0.39, 0.29) is 12.5 Å². The molecular formula is C24H31Cl2N3O4S. The number of amides is 2. The summed E-state index contributed by atoms with van der Waals surface area (Å²) < 4.78 is 26.5. The van der Waals surface area contributed by atoms with E-state index in [1.165, 1.54) is 4.90 Å². The quantitative estimate of drug-likeness (QED) is 0.498. The molecule has 0 spiro atoms. The standard InChI is InChI=1S/C24H31Cl2N3O4S/c1-6-21(24(31)27-7-2)28(14-18-10-11-19(25)13-20(18)26)23(30)15-29(34(5,32)33)22-12-16(3)8-9-17(22)4/h8-13,21H,6-7,14-15H2,1-5H3,(H,27,31)/t21-/m0/s1. The van der Waals surface area contributed by atoms with Crippen LogP contribution in [0.5, 0.6) is 0 Å². The topological polar surface area (TPSA) is 86.8 Å². The molecule has 0 aliphatic carbocycles. The highest BCUT2D eigenvalue weighted by Crippen LogP contribution is 2.26. The predicted molar refractivity (Wildman–Crippen MR) is 138 cm³/mol. The molecule has 34 heavy (non-hydrogen) atoms. The second-order valence-corrected chi connectivity index (χ2v) is 10.9. The van der Waals surface area contributed by atoms with Crippen molar-refractivity contribution >= 4 is 50.7 Å². The van der Waals surface area contributed by atoms with E-state index < -0.39 is 28.5 Å². The van der Waals surface area contributed by atoms with Crippen molar-refractivity contribution in [1.29, 1.82) is 0 Å². The van der Waals surface area contributed by atoms with Crippen LogP contribution in [0.3, 0.4) is 0 Å². The SMILES string of the molecule is CCNC(=O)[C@H](CC)N(Cc1ccc(Cl)cc1Cl)C(=O)CN(c1cc(C)ccc1C)S(C)(=O)=O. The number of carbonyl (C=O) groups is 2. The summed E-state index contributed by atoms with van der Waals surface area (Å²) in [7, 11) is -3.79. The van der Waals surface area contributed by atoms with Crippen molar-refractivity contribution in [3.63, 3.8) is 0 Å². The van der Waals surface area contributed by atoms with Gasteiger partial charge in [-0.1, -0.05) is 48.3 Å². The summed E-state index contributed by atoms with van der Waals surface area (Å²) in [5.41, 5.74) is 2.60. The van der Waals surface area contributed by atoms with Crippen LogP contribution in [-0.4, -0.2) is 50.5 Å². The average Bonchev–Trinajstić information content (AvgIpc) is 2.74. The van der Waals surface area contributed by atoms with Crippen LogP contribution >= 0.6 is 23.2 Å². The van der Waals surface area contributed by atoms with Crippen LogP contribution in [0.2, 0.25) is 10.0 Å². The van der Waals surface area contributed by atoms with E-state index in [1.54, 1.807) is 45.0 Å². The number of halogens is 2. The van der Waals surface area contributed by atoms with Crippen LogP contribution in [-0.2, 0) is 26.2 Å². The third-order valence-electron chi connectivity index (χ3n) is 5.41. The monoisotopic (exact) mass is 527 g/mol. The molecular weight excluding hydrogens is 497 g/mol. The molecule has 0 fully saturated rings. The summed E-state index contributed by atoms with van der Waals surface area (Å²) in [5.74, 6) is -0.837. The smallest absolute Gasteiger partial charge is 0.244 e. The van der Waals surface area contributed by atoms with E-state index in [0.29, 0.717) is 39.8 Å². The predicted octanol–water partition coefficient (Wildman–Crippen LogP) is 4.32. The largest absolute Gasteiger partial charge is 0.355 e. The maximum Gasteiger partial charge on any atom is 0.244 e. The molecule has 0 unspecified atom stereocenters. The Kier molecular flexibility index (Phi) is 9.79. The van der Waals surface area contributed by atoms with E-state index >= 15 is 0 Å². The molecule has 2 amide bonds. The molecule has 2 aromatic rings. The first-order valence-corrected chi connectivity index (χ1v) is 13.6. The minimum absolute atomic E-state index is 0.0227. The number of benzene rings is 2. The molecule has 0 bridgehead atoms. The van der Waals surface area contributed by atoms with Crippen molar-refractivity contribution in [3.05, 3.63) is 63.1 Å². The molecule has 0 aliphatic rings. The number of nitrogens with zero attached hydrogens (tertiary/aromatic N) is 2. The van der Waals surface area contributed by atoms with Gasteiger partial charge in [0.25, 0.3) is 0 Å². The lowest BCUT2D eigenvalue weighted by molar-refractivity contribution is -0.140. The molecule has 0 radical (unpaired) electrons. The van der Waals surface area contributed by atoms with Gasteiger partial charge in [-0.15, -0.1) is 0 Å². The summed E-state index contributed by atoms with van der Waals surface area (Å²) in [5, 5.41) is 3.55. The van der Waals surface area contributed by atoms with E-state index in [4.69, 9.17) is 23.2 Å². The van der Waals surface area contributed by atoms with Gasteiger partial charge in [-0.2, -0.15) is 0 Å². The van der Waals surface area contributed by atoms with Gasteiger partial charge in [-0.05, 0) is 62.1 Å². The second-order valence-electron chi connectivity index (χ2n) is 8.14. The third-order valence-corrected chi connectivity index (χ3v) is 7.12. The zero-order valence-electron chi connectivity index (χ0n) is 20.1. The van der Waals surface area contributed by atoms with Crippen LogP contribution < -0.4 is 9.62 Å². The number of likely N-dealkylation sites (N-methyl/N-ethyl adjacent to an activating group) is 1. The van der Waals surface area contributed by atoms with Crippen molar-refractivity contribution in [2.75, 3.05) is 23.7 Å². The molecule has 0 saturated carbocycles. The zero-order chi connectivity index (χ0) is 25.6. The number of rotatable bonds is 10. The Morgan fingerprint density at radius 2 is 1.74 bits per heavy atom. The maximum atomic E-state index is 13.6. The Morgan fingerprint density at radius 3 is 2.29 bits per heavy atom. The number of aryl methyl sites for hydroxylation is 2. The van der Waals surface area contributed by atoms with Crippen LogP contribution in [0, 0.1) is 13.8 Å². The van der Waals surface area contributed by atoms with Crippen LogP contribution in [0.15, 0.2) is 36.4 Å². The molecule has 7 nitrogen and oxygen atoms in total. The van der Waals surface area contributed by atoms with E-state index in [0.717, 1.165) is 16.1 Å². The summed E-state index contributed by atoms with van der Waals surface area (Å²) >= 11 is 12.4. The molecule has 0 aliphatic heterocycles. The van der Waals surface area contributed by atoms with Gasteiger partial charge in [0.2, 0.25) is 21.8 Å². The number of carbonyl (C=O) groups excluding carboxylic acids is 2. The first-order valence-electron chi connectivity index (χ1n) is 10.9. The van der Waals surface area contributed by atoms with Crippen molar-refractivity contribution < 1.29 is 18.0 Å². The summed E-state index contributed by atoms with van der Waals surface area (Å²) in [6.45, 7) is 7.19. The Labute approximate surface area is 212 Å². The third kappa shape index (κ3) is 7.10. The first kappa shape index (κ1) is 28.0. The molecule has 1 N–H and O–H groups in total. The number of hydrogen-bond acceptors (Lipinski definition) is 4. The highest BCUT2D eigenvalue weighted by molar-refractivity contribution is 7.92. The summed E-state index contributed by atoms with van der Waals surface area (Å²) in [4.78, 5) is 27.8. The van der Waals surface area contributed by atoms with Crippen LogP contribution in [0.1, 0.15) is 37.0 Å². The van der Waals surface area contributed by atoms with Gasteiger partial charge in [0, 0.05) is 23.1 Å². The van der Waals surface area contributed by atoms with Gasteiger partial charge in [0.05, 0.1) is 11.9 Å². The molecule has 0 aromatic heterocycles. The molecule has 0 saturated heterocycles. The van der Waals surface area contributed by atoms with Gasteiger partial charge in [-0.25, -0.2) is 8.42 Å². The van der Waals surface area contributed by atoms with Crippen molar-refractivity contribution in [2.45, 2.75) is 46.7 Å². The van der Waals surface area contributed by atoms with Gasteiger partial charge >= 0.3 is 0 Å². The lowest BCUT2D eigenvalue weighted by atomic mass is 10.1. The summed E-state index contributed by atoms with van der Waals surface area (Å²) in [6, 6.07) is 9.50. The van der Waals surface area contributed by atoms with E-state index in [1.807, 2.05) is 19.1 Å². The highest BCUT2D eigenvalue weighted by Gasteiger charge is 2.32. The minimum atomic E-state index is -3.79. The van der Waals surface area contributed by atoms with Crippen molar-refractivity contribution in [1.82, 2.24) is 10.2 Å². The van der Waals surface area contributed by atoms with E-state index in [9.17, 15) is 18.0 Å². The molecule has 2 rings (SSSR count). The fraction of sp³-hybridized carbons (Fsp3) is 0.417. The molecule has 10 heteroatoms. The minimum Gasteiger partial charge on any atom is -0.355 e. The number of nitrogens with one attached hydrogen (secondary N) is 1. The molecule has 1 atom stereocenters. The maximum absolute atomic E-state index is 13.6. The first-order chi connectivity index (χ1) is 15.9. The molecule has 2 aromatic carbocycles. The van der Waals surface area contributed by atoms with Crippen LogP contribution in [0.4, 0.5) is 5.69 Å². The molecule has 186 valence electrons. The second kappa shape index (κ2) is 11.9. The zero-order valence-corrected chi connectivity index (χ0v) is 22.4. The van der Waals surface area contributed by atoms with Crippen molar-refractivity contribution in [2.24, 2.45) is 0 Å². The Hall–Kier alpha value is -2.29. The normalized spacial score (nSPS) is 12.2. The fourth-order valence-electron chi connectivity index (χ4n) is 3.63. The highest BCUT2D eigenvalue weighted by atomic mass is 35.5.